The predicted octanol–water partition coefficient (Wildman–Crippen LogP) is 1.69. The number of thiocarbonyl (C=S) groups is 1. The molecule has 1 aromatic rings. The van der Waals surface area contributed by atoms with Crippen LogP contribution in [0, 0.1) is 0 Å². The van der Waals surface area contributed by atoms with Crippen molar-refractivity contribution in [2.45, 2.75) is 25.5 Å². The molecule has 1 saturated heterocycles. The molecule has 0 bridgehead atoms. The average molecular weight is 280 g/mol. The molecule has 0 saturated carbocycles. The molecule has 2 atom stereocenters. The van der Waals surface area contributed by atoms with E-state index in [-0.39, 0.29) is 18.1 Å². The second-order valence-electron chi connectivity index (χ2n) is 4.36. The van der Waals surface area contributed by atoms with Crippen LogP contribution in [0.4, 0.5) is 5.69 Å². The number of methoxy groups -OCH3 is 1. The fraction of sp³-hybridized carbons (Fsp3) is 0.385. The number of esters is 1. The topological polar surface area (TPSA) is 59.6 Å². The molecule has 0 unspecified atom stereocenters. The van der Waals surface area contributed by atoms with E-state index in [1.165, 1.54) is 0 Å². The first-order valence-corrected chi connectivity index (χ1v) is 6.41. The summed E-state index contributed by atoms with van der Waals surface area (Å²) in [7, 11) is 1.61. The summed E-state index contributed by atoms with van der Waals surface area (Å²) in [5.74, 6) is 0.518. The number of cyclic esters (lactones) is 1. The molecule has 0 aliphatic carbocycles. The molecule has 0 amide bonds. The highest BCUT2D eigenvalue weighted by molar-refractivity contribution is 7.80. The Balaban J connectivity index is 1.88. The van der Waals surface area contributed by atoms with Crippen LogP contribution in [0.2, 0.25) is 0 Å². The van der Waals surface area contributed by atoms with Crippen molar-refractivity contribution >= 4 is 29.0 Å². The van der Waals surface area contributed by atoms with Gasteiger partial charge in [0, 0.05) is 12.1 Å². The first-order valence-electron chi connectivity index (χ1n) is 6.00. The highest BCUT2D eigenvalue weighted by Crippen LogP contribution is 2.16. The number of carbonyl (C=O) groups is 1. The van der Waals surface area contributed by atoms with Crippen molar-refractivity contribution < 1.29 is 14.3 Å². The van der Waals surface area contributed by atoms with Gasteiger partial charge in [-0.25, -0.2) is 4.79 Å². The summed E-state index contributed by atoms with van der Waals surface area (Å²) in [5.41, 5.74) is 0.831. The fourth-order valence-electron chi connectivity index (χ4n) is 1.87. The average Bonchev–Trinajstić information content (AvgIpc) is 2.68. The maximum atomic E-state index is 11.5. The van der Waals surface area contributed by atoms with Gasteiger partial charge in [-0.3, -0.25) is 0 Å². The Bertz CT molecular complexity index is 475. The SMILES string of the molecule is COc1ccc(NC(=S)N[C@H]2C[C@@H](C)OC2=O)cc1. The fourth-order valence-corrected chi connectivity index (χ4v) is 2.13. The van der Waals surface area contributed by atoms with Crippen molar-refractivity contribution in [3.63, 3.8) is 0 Å². The van der Waals surface area contributed by atoms with Gasteiger partial charge in [0.05, 0.1) is 7.11 Å². The van der Waals surface area contributed by atoms with E-state index in [4.69, 9.17) is 21.7 Å². The van der Waals surface area contributed by atoms with Gasteiger partial charge in [0.25, 0.3) is 0 Å². The van der Waals surface area contributed by atoms with E-state index >= 15 is 0 Å². The Morgan fingerprint density at radius 2 is 2.11 bits per heavy atom. The first-order chi connectivity index (χ1) is 9.08. The monoisotopic (exact) mass is 280 g/mol. The van der Waals surface area contributed by atoms with Crippen molar-refractivity contribution in [2.75, 3.05) is 12.4 Å². The number of hydrogen-bond donors (Lipinski definition) is 2. The Kier molecular flexibility index (Phi) is 4.21. The van der Waals surface area contributed by atoms with Gasteiger partial charge in [-0.05, 0) is 43.4 Å². The molecular formula is C13H16N2O3S. The molecule has 5 nitrogen and oxygen atoms in total. The molecule has 1 aliphatic rings. The number of rotatable bonds is 3. The van der Waals surface area contributed by atoms with E-state index in [1.807, 2.05) is 31.2 Å². The second kappa shape index (κ2) is 5.88. The van der Waals surface area contributed by atoms with Crippen molar-refractivity contribution in [1.82, 2.24) is 5.32 Å². The lowest BCUT2D eigenvalue weighted by atomic mass is 10.2. The lowest BCUT2D eigenvalue weighted by Gasteiger charge is -2.13. The van der Waals surface area contributed by atoms with Crippen molar-refractivity contribution in [2.24, 2.45) is 0 Å². The zero-order valence-corrected chi connectivity index (χ0v) is 11.6. The van der Waals surface area contributed by atoms with Crippen LogP contribution in [0.3, 0.4) is 0 Å². The zero-order chi connectivity index (χ0) is 13.8. The van der Waals surface area contributed by atoms with Gasteiger partial charge in [0.1, 0.15) is 17.9 Å². The van der Waals surface area contributed by atoms with Crippen LogP contribution in [0.15, 0.2) is 24.3 Å². The van der Waals surface area contributed by atoms with Gasteiger partial charge in [0.15, 0.2) is 5.11 Å². The lowest BCUT2D eigenvalue weighted by molar-refractivity contribution is -0.142. The van der Waals surface area contributed by atoms with Crippen molar-refractivity contribution in [1.29, 1.82) is 0 Å². The molecule has 2 rings (SSSR count). The van der Waals surface area contributed by atoms with Crippen LogP contribution < -0.4 is 15.4 Å². The smallest absolute Gasteiger partial charge is 0.329 e. The van der Waals surface area contributed by atoms with Gasteiger partial charge < -0.3 is 20.1 Å². The highest BCUT2D eigenvalue weighted by Gasteiger charge is 2.32. The summed E-state index contributed by atoms with van der Waals surface area (Å²) in [6.07, 6.45) is 0.567. The van der Waals surface area contributed by atoms with E-state index in [9.17, 15) is 4.79 Å². The van der Waals surface area contributed by atoms with Gasteiger partial charge in [-0.1, -0.05) is 0 Å². The normalized spacial score (nSPS) is 21.7. The molecule has 0 aromatic heterocycles. The maximum Gasteiger partial charge on any atom is 0.329 e. The largest absolute Gasteiger partial charge is 0.497 e. The van der Waals surface area contributed by atoms with Crippen LogP contribution in [-0.2, 0) is 9.53 Å². The minimum atomic E-state index is -0.367. The summed E-state index contributed by atoms with van der Waals surface area (Å²) in [5, 5.41) is 6.37. The summed E-state index contributed by atoms with van der Waals surface area (Å²) in [6, 6.07) is 6.99. The zero-order valence-electron chi connectivity index (χ0n) is 10.8. The molecule has 1 aromatic carbocycles. The molecule has 102 valence electrons. The highest BCUT2D eigenvalue weighted by atomic mass is 32.1. The number of ether oxygens (including phenoxy) is 2. The number of carbonyl (C=O) groups excluding carboxylic acids is 1. The number of nitrogens with one attached hydrogen (secondary N) is 2. The van der Waals surface area contributed by atoms with Gasteiger partial charge in [-0.2, -0.15) is 0 Å². The molecule has 0 radical (unpaired) electrons. The van der Waals surface area contributed by atoms with Crippen molar-refractivity contribution in [3.8, 4) is 5.75 Å². The molecule has 2 N–H and O–H groups in total. The van der Waals surface area contributed by atoms with E-state index < -0.39 is 0 Å². The third-order valence-electron chi connectivity index (χ3n) is 2.82. The Hall–Kier alpha value is -1.82. The van der Waals surface area contributed by atoms with Crippen LogP contribution in [-0.4, -0.2) is 30.3 Å². The van der Waals surface area contributed by atoms with Crippen LogP contribution >= 0.6 is 12.2 Å². The molecule has 19 heavy (non-hydrogen) atoms. The lowest BCUT2D eigenvalue weighted by Crippen LogP contribution is -2.40. The summed E-state index contributed by atoms with van der Waals surface area (Å²) in [6.45, 7) is 1.86. The number of hydrogen-bond acceptors (Lipinski definition) is 4. The molecule has 1 fully saturated rings. The summed E-state index contributed by atoms with van der Waals surface area (Å²) < 4.78 is 10.1. The minimum Gasteiger partial charge on any atom is -0.497 e. The predicted molar refractivity (Wildman–Crippen MR) is 76.3 cm³/mol. The molecule has 1 aliphatic heterocycles. The van der Waals surface area contributed by atoms with Crippen molar-refractivity contribution in [3.05, 3.63) is 24.3 Å². The van der Waals surface area contributed by atoms with Gasteiger partial charge >= 0.3 is 5.97 Å². The van der Waals surface area contributed by atoms with Gasteiger partial charge in [0.2, 0.25) is 0 Å². The summed E-state index contributed by atoms with van der Waals surface area (Å²) in [4.78, 5) is 11.5. The van der Waals surface area contributed by atoms with Crippen LogP contribution in [0.1, 0.15) is 13.3 Å². The quantitative estimate of drug-likeness (QED) is 0.649. The van der Waals surface area contributed by atoms with Crippen LogP contribution in [0.25, 0.3) is 0 Å². The van der Waals surface area contributed by atoms with E-state index in [1.54, 1.807) is 7.11 Å². The third kappa shape index (κ3) is 3.57. The Morgan fingerprint density at radius 3 is 2.63 bits per heavy atom. The molecular weight excluding hydrogens is 264 g/mol. The maximum absolute atomic E-state index is 11.5. The third-order valence-corrected chi connectivity index (χ3v) is 3.04. The Morgan fingerprint density at radius 1 is 1.42 bits per heavy atom. The standard InChI is InChI=1S/C13H16N2O3S/c1-8-7-11(12(16)18-8)15-13(19)14-9-3-5-10(17-2)6-4-9/h3-6,8,11H,7H2,1-2H3,(H2,14,15,19)/t8-,11+/m1/s1. The summed E-state index contributed by atoms with van der Waals surface area (Å²) >= 11 is 5.16. The van der Waals surface area contributed by atoms with E-state index in [0.29, 0.717) is 11.5 Å². The van der Waals surface area contributed by atoms with E-state index in [2.05, 4.69) is 10.6 Å². The minimum absolute atomic E-state index is 0.0613. The first kappa shape index (κ1) is 13.6. The molecule has 6 heteroatoms. The Labute approximate surface area is 117 Å². The molecule has 1 heterocycles. The number of benzene rings is 1. The van der Waals surface area contributed by atoms with Crippen LogP contribution in [0.5, 0.6) is 5.75 Å². The molecule has 0 spiro atoms. The second-order valence-corrected chi connectivity index (χ2v) is 4.77. The van der Waals surface area contributed by atoms with E-state index in [0.717, 1.165) is 11.4 Å². The number of anilines is 1. The van der Waals surface area contributed by atoms with Gasteiger partial charge in [-0.15, -0.1) is 0 Å².